The zero-order valence-electron chi connectivity index (χ0n) is 16.2. The lowest BCUT2D eigenvalue weighted by atomic mass is 9.68. The molecule has 4 N–H and O–H groups in total. The zero-order chi connectivity index (χ0) is 22.9. The zero-order valence-corrected chi connectivity index (χ0v) is 16.2. The molecule has 1 aromatic rings. The summed E-state index contributed by atoms with van der Waals surface area (Å²) in [4.78, 5) is 49.8. The molecule has 9 nitrogen and oxygen atoms in total. The van der Waals surface area contributed by atoms with E-state index in [2.05, 4.69) is 19.7 Å². The molecule has 0 radical (unpaired) electrons. The van der Waals surface area contributed by atoms with Gasteiger partial charge in [-0.3, -0.25) is 9.59 Å². The number of ketones is 2. The summed E-state index contributed by atoms with van der Waals surface area (Å²) >= 11 is 0. The van der Waals surface area contributed by atoms with E-state index in [-0.39, 0.29) is 11.3 Å². The summed E-state index contributed by atoms with van der Waals surface area (Å²) in [5.41, 5.74) is 0.866. The number of esters is 2. The van der Waals surface area contributed by atoms with Crippen LogP contribution < -0.4 is 5.73 Å². The normalized spacial score (nSPS) is 11.1. The Bertz CT molecular complexity index is 850. The van der Waals surface area contributed by atoms with Crippen molar-refractivity contribution in [3.05, 3.63) is 67.8 Å². The van der Waals surface area contributed by atoms with E-state index in [0.717, 1.165) is 0 Å². The van der Waals surface area contributed by atoms with Gasteiger partial charge >= 0.3 is 11.9 Å². The third-order valence-corrected chi connectivity index (χ3v) is 4.44. The molecule has 0 aromatic heterocycles. The van der Waals surface area contributed by atoms with Gasteiger partial charge in [0.15, 0.2) is 0 Å². The van der Waals surface area contributed by atoms with Crippen molar-refractivity contribution in [3.63, 3.8) is 0 Å². The van der Waals surface area contributed by atoms with E-state index in [4.69, 9.17) is 15.2 Å². The van der Waals surface area contributed by atoms with Crippen LogP contribution in [-0.2, 0) is 23.9 Å². The van der Waals surface area contributed by atoms with Crippen LogP contribution in [0, 0.1) is 5.41 Å². The number of aliphatic hydroxyl groups excluding tert-OH is 2. The smallest absolute Gasteiger partial charge is 0.338 e. The summed E-state index contributed by atoms with van der Waals surface area (Å²) in [6, 6.07) is 5.74. The molecular weight excluding hydrogens is 394 g/mol. The monoisotopic (exact) mass is 417 g/mol. The van der Waals surface area contributed by atoms with Crippen LogP contribution in [0.15, 0.2) is 62.2 Å². The number of benzene rings is 1. The average Bonchev–Trinajstić information content (AvgIpc) is 2.77. The molecule has 0 saturated heterocycles. The van der Waals surface area contributed by atoms with Crippen LogP contribution >= 0.6 is 0 Å². The van der Waals surface area contributed by atoms with Crippen molar-refractivity contribution < 1.29 is 38.9 Å². The molecule has 30 heavy (non-hydrogen) atoms. The summed E-state index contributed by atoms with van der Waals surface area (Å²) in [6.45, 7) is 6.70. The van der Waals surface area contributed by atoms with Gasteiger partial charge < -0.3 is 25.4 Å². The Morgan fingerprint density at radius 3 is 2.00 bits per heavy atom. The van der Waals surface area contributed by atoms with Crippen LogP contribution in [0.5, 0.6) is 0 Å². The SMILES string of the molecule is C=CC(=O)OC(C(=O)C=C)(C(=O)C=C)C(CO)(CO)COC(=O)c1cccc(N)c1. The van der Waals surface area contributed by atoms with Crippen LogP contribution in [0.4, 0.5) is 5.69 Å². The summed E-state index contributed by atoms with van der Waals surface area (Å²) in [5, 5.41) is 20.1. The molecule has 9 heteroatoms. The van der Waals surface area contributed by atoms with Crippen LogP contribution in [-0.4, -0.2) is 59.1 Å². The molecule has 0 bridgehead atoms. The molecule has 0 aliphatic rings. The number of rotatable bonds is 12. The van der Waals surface area contributed by atoms with Crippen LogP contribution in [0.1, 0.15) is 10.4 Å². The Morgan fingerprint density at radius 2 is 1.57 bits per heavy atom. The highest BCUT2D eigenvalue weighted by molar-refractivity contribution is 6.20. The minimum absolute atomic E-state index is 0.0403. The van der Waals surface area contributed by atoms with Crippen LogP contribution in [0.2, 0.25) is 0 Å². The van der Waals surface area contributed by atoms with Gasteiger partial charge in [0.05, 0.1) is 18.8 Å². The maximum absolute atomic E-state index is 12.7. The van der Waals surface area contributed by atoms with E-state index in [9.17, 15) is 29.4 Å². The first-order valence-electron chi connectivity index (χ1n) is 8.61. The van der Waals surface area contributed by atoms with Crippen molar-refractivity contribution in [2.24, 2.45) is 5.41 Å². The highest BCUT2D eigenvalue weighted by atomic mass is 16.6. The van der Waals surface area contributed by atoms with Crippen molar-refractivity contribution in [2.45, 2.75) is 5.60 Å². The number of ether oxygens (including phenoxy) is 2. The number of carbonyl (C=O) groups is 4. The van der Waals surface area contributed by atoms with Crippen LogP contribution in [0.3, 0.4) is 0 Å². The number of carbonyl (C=O) groups excluding carboxylic acids is 4. The summed E-state index contributed by atoms with van der Waals surface area (Å²) in [5.74, 6) is -4.44. The first kappa shape index (κ1) is 24.5. The molecule has 0 aliphatic carbocycles. The fourth-order valence-electron chi connectivity index (χ4n) is 2.75. The Kier molecular flexibility index (Phi) is 8.39. The van der Waals surface area contributed by atoms with Crippen molar-refractivity contribution in [2.75, 3.05) is 25.6 Å². The predicted molar refractivity (Wildman–Crippen MR) is 107 cm³/mol. The lowest BCUT2D eigenvalue weighted by Crippen LogP contribution is -2.66. The largest absolute Gasteiger partial charge is 0.461 e. The van der Waals surface area contributed by atoms with Crippen molar-refractivity contribution in [1.29, 1.82) is 0 Å². The molecule has 0 atom stereocenters. The van der Waals surface area contributed by atoms with Gasteiger partial charge in [0.25, 0.3) is 0 Å². The highest BCUT2D eigenvalue weighted by Gasteiger charge is 2.63. The molecule has 0 amide bonds. The van der Waals surface area contributed by atoms with Gasteiger partial charge in [-0.1, -0.05) is 25.8 Å². The Balaban J connectivity index is 3.52. The lowest BCUT2D eigenvalue weighted by Gasteiger charge is -2.43. The van der Waals surface area contributed by atoms with Gasteiger partial charge in [0, 0.05) is 11.8 Å². The minimum Gasteiger partial charge on any atom is -0.461 e. The molecule has 0 spiro atoms. The maximum Gasteiger partial charge on any atom is 0.338 e. The number of hydrogen-bond donors (Lipinski definition) is 3. The molecule has 0 heterocycles. The number of aliphatic hydroxyl groups is 2. The molecule has 0 aliphatic heterocycles. The van der Waals surface area contributed by atoms with E-state index >= 15 is 0 Å². The number of nitrogens with two attached hydrogens (primary N) is 1. The second-order valence-corrected chi connectivity index (χ2v) is 6.24. The van der Waals surface area contributed by atoms with E-state index in [1.165, 1.54) is 24.3 Å². The number of hydrogen-bond acceptors (Lipinski definition) is 9. The minimum atomic E-state index is -2.80. The van der Waals surface area contributed by atoms with Gasteiger partial charge in [-0.15, -0.1) is 0 Å². The van der Waals surface area contributed by atoms with E-state index in [1.807, 2.05) is 0 Å². The molecule has 1 aromatic carbocycles. The Hall–Kier alpha value is -3.56. The quantitative estimate of drug-likeness (QED) is 0.189. The van der Waals surface area contributed by atoms with E-state index < -0.39 is 54.3 Å². The molecule has 0 unspecified atom stereocenters. The third-order valence-electron chi connectivity index (χ3n) is 4.44. The van der Waals surface area contributed by atoms with Crippen LogP contribution in [0.25, 0.3) is 0 Å². The fourth-order valence-corrected chi connectivity index (χ4v) is 2.75. The first-order chi connectivity index (χ1) is 14.2. The summed E-state index contributed by atoms with van der Waals surface area (Å²) < 4.78 is 10.2. The van der Waals surface area contributed by atoms with E-state index in [1.54, 1.807) is 0 Å². The second-order valence-electron chi connectivity index (χ2n) is 6.24. The number of nitrogen functional groups attached to an aromatic ring is 1. The first-order valence-corrected chi connectivity index (χ1v) is 8.61. The third kappa shape index (κ3) is 4.53. The topological polar surface area (TPSA) is 153 Å². The lowest BCUT2D eigenvalue weighted by molar-refractivity contribution is -0.195. The summed E-state index contributed by atoms with van der Waals surface area (Å²) in [6.07, 6.45) is 2.04. The number of anilines is 1. The molecule has 1 rings (SSSR count). The second kappa shape index (κ2) is 10.3. The van der Waals surface area contributed by atoms with Gasteiger partial charge in [0.2, 0.25) is 17.2 Å². The molecular formula is C21H23NO8. The highest BCUT2D eigenvalue weighted by Crippen LogP contribution is 2.38. The molecule has 160 valence electrons. The molecule has 0 fully saturated rings. The van der Waals surface area contributed by atoms with Crippen molar-refractivity contribution in [1.82, 2.24) is 0 Å². The van der Waals surface area contributed by atoms with Gasteiger partial charge in [-0.2, -0.15) is 0 Å². The maximum atomic E-state index is 12.7. The van der Waals surface area contributed by atoms with E-state index in [0.29, 0.717) is 18.2 Å². The van der Waals surface area contributed by atoms with Crippen molar-refractivity contribution >= 4 is 29.2 Å². The Labute approximate surface area is 173 Å². The molecule has 0 saturated carbocycles. The Morgan fingerprint density at radius 1 is 1.00 bits per heavy atom. The van der Waals surface area contributed by atoms with Gasteiger partial charge in [-0.25, -0.2) is 9.59 Å². The van der Waals surface area contributed by atoms with Crippen molar-refractivity contribution in [3.8, 4) is 0 Å². The predicted octanol–water partition coefficient (Wildman–Crippen LogP) is 0.375. The van der Waals surface area contributed by atoms with Gasteiger partial charge in [0.1, 0.15) is 12.0 Å². The van der Waals surface area contributed by atoms with Gasteiger partial charge in [-0.05, 0) is 30.4 Å². The average molecular weight is 417 g/mol. The standard InChI is InChI=1S/C21H23NO8/c1-4-16(25)21(17(26)5-2,30-18(27)6-3)20(11-23,12-24)13-29-19(28)14-8-7-9-15(22)10-14/h4-10,23-24H,1-3,11-13,22H2. The fraction of sp³-hybridized carbons (Fsp3) is 0.238. The summed E-state index contributed by atoms with van der Waals surface area (Å²) in [7, 11) is 0.